The number of anilines is 1. The van der Waals surface area contributed by atoms with E-state index in [-0.39, 0.29) is 79.6 Å². The predicted octanol–water partition coefficient (Wildman–Crippen LogP) is 2.34. The lowest BCUT2D eigenvalue weighted by atomic mass is 9.86. The fraction of sp³-hybridized carbons (Fsp3) is 0.400. The number of ether oxygens (including phenoxy) is 1. The molecule has 3 aliphatic rings. The Balaban J connectivity index is 1.20. The highest BCUT2D eigenvalue weighted by Gasteiger charge is 2.45. The zero-order valence-corrected chi connectivity index (χ0v) is 25.8. The van der Waals surface area contributed by atoms with Crippen molar-refractivity contribution in [2.24, 2.45) is 0 Å². The van der Waals surface area contributed by atoms with E-state index in [1.807, 2.05) is 0 Å². The fourth-order valence-electron chi connectivity index (χ4n) is 5.81. The van der Waals surface area contributed by atoms with Crippen LogP contribution in [-0.2, 0) is 49.2 Å². The first-order valence-electron chi connectivity index (χ1n) is 14.9. The van der Waals surface area contributed by atoms with Gasteiger partial charge >= 0.3 is 5.97 Å². The molecule has 6 rings (SSSR count). The normalized spacial score (nSPS) is 20.6. The summed E-state index contributed by atoms with van der Waals surface area (Å²) in [5.41, 5.74) is 5.91. The molecule has 5 heterocycles. The summed E-state index contributed by atoms with van der Waals surface area (Å²) in [6.07, 6.45) is -0.948. The first-order chi connectivity index (χ1) is 21.9. The van der Waals surface area contributed by atoms with Gasteiger partial charge in [-0.3, -0.25) is 24.1 Å². The number of aromatic nitrogens is 2. The molecule has 15 heteroatoms. The van der Waals surface area contributed by atoms with Crippen molar-refractivity contribution in [1.29, 1.82) is 0 Å². The standard InChI is InChI=1S/C30H30FN5O7S2/c1-2-30(42)19-10-23-27-17(13-36(23)28(40)18(19)14-43-29(30)41)16(15-9-21(32)20(31)11-22(15)34-27)12-33-24(37)5-7-44-45-8-6-35-25(38)3-4-26(35)39/h9-11,42H,2-8,12-14,32H2,1H3,(H,33,37)/t30-/m0/s1/i3T/t3?,30-. The molecule has 0 spiro atoms. The number of hydrogen-bond acceptors (Lipinski definition) is 11. The molecule has 1 saturated heterocycles. The van der Waals surface area contributed by atoms with Gasteiger partial charge in [0.15, 0.2) is 5.60 Å². The number of likely N-dealkylation sites (tertiary alicyclic amines) is 1. The highest BCUT2D eigenvalue weighted by atomic mass is 33.1. The number of nitrogen functional groups attached to an aromatic ring is 1. The molecular formula is C30H30FN5O7S2. The quantitative estimate of drug-likeness (QED) is 0.0751. The Kier molecular flexibility index (Phi) is 8.00. The Morgan fingerprint density at radius 1 is 1.20 bits per heavy atom. The van der Waals surface area contributed by atoms with E-state index < -0.39 is 35.3 Å². The lowest BCUT2D eigenvalue weighted by Gasteiger charge is -2.31. The van der Waals surface area contributed by atoms with Crippen molar-refractivity contribution in [3.8, 4) is 11.4 Å². The number of imide groups is 1. The zero-order valence-electron chi connectivity index (χ0n) is 25.2. The van der Waals surface area contributed by atoms with Crippen LogP contribution < -0.4 is 16.6 Å². The molecule has 1 unspecified atom stereocenters. The molecule has 0 saturated carbocycles. The number of fused-ring (bicyclic) bond motifs is 5. The minimum atomic E-state index is -2.00. The number of benzene rings is 1. The van der Waals surface area contributed by atoms with E-state index >= 15 is 0 Å². The molecular weight excluding hydrogens is 625 g/mol. The second kappa shape index (κ2) is 12.1. The number of nitrogens with two attached hydrogens (primary N) is 1. The topological polar surface area (TPSA) is 174 Å². The van der Waals surface area contributed by atoms with Crippen LogP contribution in [0, 0.1) is 5.82 Å². The predicted molar refractivity (Wildman–Crippen MR) is 166 cm³/mol. The molecule has 3 amide bonds. The number of hydrogen-bond donors (Lipinski definition) is 3. The molecule has 0 radical (unpaired) electrons. The van der Waals surface area contributed by atoms with Gasteiger partial charge in [0.05, 0.1) is 34.7 Å². The third-order valence-corrected chi connectivity index (χ3v) is 10.7. The van der Waals surface area contributed by atoms with E-state index in [2.05, 4.69) is 10.3 Å². The molecule has 3 aromatic rings. The van der Waals surface area contributed by atoms with Crippen molar-refractivity contribution in [1.82, 2.24) is 19.8 Å². The first kappa shape index (κ1) is 29.7. The highest BCUT2D eigenvalue weighted by Crippen LogP contribution is 2.40. The van der Waals surface area contributed by atoms with Crippen molar-refractivity contribution < 1.29 is 34.8 Å². The Morgan fingerprint density at radius 3 is 2.71 bits per heavy atom. The molecule has 2 aromatic heterocycles. The highest BCUT2D eigenvalue weighted by molar-refractivity contribution is 8.76. The smallest absolute Gasteiger partial charge is 0.343 e. The monoisotopic (exact) mass is 657 g/mol. The molecule has 1 aromatic carbocycles. The van der Waals surface area contributed by atoms with Crippen molar-refractivity contribution in [2.45, 2.75) is 57.9 Å². The second-order valence-corrected chi connectivity index (χ2v) is 13.6. The maximum Gasteiger partial charge on any atom is 0.343 e. The first-order valence-corrected chi connectivity index (χ1v) is 16.8. The largest absolute Gasteiger partial charge is 0.458 e. The molecule has 45 heavy (non-hydrogen) atoms. The molecule has 0 aliphatic carbocycles. The SMILES string of the molecule is [3H]C1CC(=O)N(CCSSCCC(=O)NCc2c3c(nc4cc(F)c(N)cc24)-c2cc4c(c(=O)n2C3)COC(=O)[C@]4(O)CC)C1=O. The Hall–Kier alpha value is -3.95. The van der Waals surface area contributed by atoms with Crippen molar-refractivity contribution in [3.05, 3.63) is 56.6 Å². The summed E-state index contributed by atoms with van der Waals surface area (Å²) in [5, 5.41) is 14.6. The minimum Gasteiger partial charge on any atom is -0.458 e. The Labute approximate surface area is 265 Å². The second-order valence-electron chi connectivity index (χ2n) is 10.9. The van der Waals surface area contributed by atoms with Gasteiger partial charge in [-0.15, -0.1) is 0 Å². The number of rotatable bonds is 10. The van der Waals surface area contributed by atoms with E-state index in [0.717, 1.165) is 4.90 Å². The van der Waals surface area contributed by atoms with Gasteiger partial charge in [-0.2, -0.15) is 0 Å². The number of pyridine rings is 2. The van der Waals surface area contributed by atoms with Gasteiger partial charge in [0.25, 0.3) is 5.56 Å². The van der Waals surface area contributed by atoms with E-state index in [9.17, 15) is 33.5 Å². The summed E-state index contributed by atoms with van der Waals surface area (Å²) in [6.45, 7) is 1.69. The number of nitrogens with zero attached hydrogens (tertiary/aromatic N) is 3. The Morgan fingerprint density at radius 2 is 1.98 bits per heavy atom. The van der Waals surface area contributed by atoms with Crippen molar-refractivity contribution in [3.63, 3.8) is 0 Å². The minimum absolute atomic E-state index is 0.0114. The average molecular weight is 658 g/mol. The van der Waals surface area contributed by atoms with Crippen LogP contribution in [0.2, 0.25) is 0 Å². The van der Waals surface area contributed by atoms with E-state index in [4.69, 9.17) is 11.8 Å². The molecule has 3 aliphatic heterocycles. The van der Waals surface area contributed by atoms with Crippen LogP contribution in [0.15, 0.2) is 23.0 Å². The van der Waals surface area contributed by atoms with Crippen LogP contribution in [0.5, 0.6) is 0 Å². The summed E-state index contributed by atoms with van der Waals surface area (Å²) in [4.78, 5) is 68.4. The van der Waals surface area contributed by atoms with Crippen molar-refractivity contribution >= 4 is 61.9 Å². The van der Waals surface area contributed by atoms with E-state index in [1.54, 1.807) is 13.0 Å². The number of esters is 1. The van der Waals surface area contributed by atoms with Gasteiger partial charge in [0, 0.05) is 67.8 Å². The maximum absolute atomic E-state index is 14.6. The van der Waals surface area contributed by atoms with Crippen LogP contribution in [0.25, 0.3) is 22.3 Å². The molecule has 4 N–H and O–H groups in total. The number of carbonyl (C=O) groups excluding carboxylic acids is 4. The third-order valence-electron chi connectivity index (χ3n) is 8.30. The van der Waals surface area contributed by atoms with Crippen molar-refractivity contribution in [2.75, 3.05) is 23.8 Å². The van der Waals surface area contributed by atoms with Gasteiger partial charge in [-0.25, -0.2) is 14.2 Å². The number of aliphatic hydroxyl groups is 1. The van der Waals surface area contributed by atoms with Gasteiger partial charge in [-0.05, 0) is 24.1 Å². The molecule has 12 nitrogen and oxygen atoms in total. The van der Waals surface area contributed by atoms with Crippen LogP contribution in [0.3, 0.4) is 0 Å². The summed E-state index contributed by atoms with van der Waals surface area (Å²) in [6, 6.07) is 4.21. The molecule has 236 valence electrons. The summed E-state index contributed by atoms with van der Waals surface area (Å²) >= 11 is 0. The number of halogens is 1. The lowest BCUT2D eigenvalue weighted by Crippen LogP contribution is -2.44. The molecule has 2 atom stereocenters. The van der Waals surface area contributed by atoms with E-state index in [0.29, 0.717) is 39.4 Å². The van der Waals surface area contributed by atoms with Crippen LogP contribution in [0.4, 0.5) is 10.1 Å². The van der Waals surface area contributed by atoms with E-state index in [1.165, 1.54) is 38.3 Å². The summed E-state index contributed by atoms with van der Waals surface area (Å²) < 4.78 is 28.7. The van der Waals surface area contributed by atoms with Gasteiger partial charge < -0.3 is 25.5 Å². The fourth-order valence-corrected chi connectivity index (χ4v) is 7.75. The number of cyclic esters (lactones) is 1. The maximum atomic E-state index is 14.6. The number of amides is 3. The van der Waals surface area contributed by atoms with Crippen LogP contribution in [0.1, 0.15) is 56.2 Å². The van der Waals surface area contributed by atoms with Crippen LogP contribution >= 0.6 is 21.6 Å². The van der Waals surface area contributed by atoms with Crippen LogP contribution in [-0.4, -0.2) is 61.3 Å². The van der Waals surface area contributed by atoms with Gasteiger partial charge in [0.2, 0.25) is 17.7 Å². The summed E-state index contributed by atoms with van der Waals surface area (Å²) in [7, 11) is 2.84. The average Bonchev–Trinajstić information content (AvgIpc) is 3.51. The molecule has 1 fully saturated rings. The zero-order chi connectivity index (χ0) is 32.9. The lowest BCUT2D eigenvalue weighted by molar-refractivity contribution is -0.172. The third kappa shape index (κ3) is 5.46. The molecule has 0 bridgehead atoms. The number of nitrogens with one attached hydrogen (secondary N) is 1. The number of carbonyl (C=O) groups is 4. The summed E-state index contributed by atoms with van der Waals surface area (Å²) in [5.74, 6) is -1.65. The van der Waals surface area contributed by atoms with Gasteiger partial charge in [-0.1, -0.05) is 28.5 Å². The van der Waals surface area contributed by atoms with Gasteiger partial charge in [0.1, 0.15) is 12.4 Å². The Bertz CT molecular complexity index is 1890.